The summed E-state index contributed by atoms with van der Waals surface area (Å²) in [7, 11) is 0. The second-order valence-corrected chi connectivity index (χ2v) is 3.55. The first-order valence-corrected chi connectivity index (χ1v) is 4.66. The highest BCUT2D eigenvalue weighted by Crippen LogP contribution is 2.20. The van der Waals surface area contributed by atoms with E-state index in [0.717, 1.165) is 0 Å². The van der Waals surface area contributed by atoms with Crippen molar-refractivity contribution in [2.75, 3.05) is 0 Å². The Morgan fingerprint density at radius 3 is 2.29 bits per heavy atom. The van der Waals surface area contributed by atoms with Crippen LogP contribution in [0.25, 0.3) is 11.1 Å². The fourth-order valence-electron chi connectivity index (χ4n) is 1.64. The maximum atomic E-state index is 3.89. The second kappa shape index (κ2) is 3.62. The first-order chi connectivity index (χ1) is 6.75. The van der Waals surface area contributed by atoms with Gasteiger partial charge in [0, 0.05) is 6.20 Å². The number of aromatic nitrogens is 1. The topological polar surface area (TPSA) is 12.9 Å². The Balaban J connectivity index is 2.52. The smallest absolute Gasteiger partial charge is 0.0892 e. The van der Waals surface area contributed by atoms with E-state index in [4.69, 9.17) is 0 Å². The second-order valence-electron chi connectivity index (χ2n) is 3.55. The zero-order valence-electron chi connectivity index (χ0n) is 8.41. The molecule has 0 bridgehead atoms. The number of hydrogen-bond acceptors (Lipinski definition) is 1. The predicted octanol–water partition coefficient (Wildman–Crippen LogP) is 3.17. The van der Waals surface area contributed by atoms with Crippen molar-refractivity contribution in [3.63, 3.8) is 0 Å². The van der Waals surface area contributed by atoms with Gasteiger partial charge in [-0.05, 0) is 37.1 Å². The normalized spacial score (nSPS) is 10.1. The molecular formula is C13H12N. The quantitative estimate of drug-likeness (QED) is 0.660. The molecule has 1 aromatic heterocycles. The Hall–Kier alpha value is -1.63. The van der Waals surface area contributed by atoms with Gasteiger partial charge in [0.25, 0.3) is 0 Å². The molecule has 0 aliphatic heterocycles. The van der Waals surface area contributed by atoms with Gasteiger partial charge < -0.3 is 0 Å². The molecular weight excluding hydrogens is 170 g/mol. The van der Waals surface area contributed by atoms with Gasteiger partial charge in [-0.1, -0.05) is 29.3 Å². The summed E-state index contributed by atoms with van der Waals surface area (Å²) in [5.74, 6) is 0. The number of pyridine rings is 1. The van der Waals surface area contributed by atoms with Gasteiger partial charge in [-0.3, -0.25) is 4.98 Å². The molecule has 1 heteroatoms. The summed E-state index contributed by atoms with van der Waals surface area (Å²) >= 11 is 0. The molecule has 2 rings (SSSR count). The van der Waals surface area contributed by atoms with E-state index in [2.05, 4.69) is 43.2 Å². The van der Waals surface area contributed by atoms with Crippen LogP contribution in [-0.4, -0.2) is 4.98 Å². The summed E-state index contributed by atoms with van der Waals surface area (Å²) < 4.78 is 0. The molecule has 1 heterocycles. The molecule has 2 aromatic rings. The molecule has 1 radical (unpaired) electrons. The number of rotatable bonds is 1. The van der Waals surface area contributed by atoms with Crippen LogP contribution in [-0.2, 0) is 0 Å². The van der Waals surface area contributed by atoms with Gasteiger partial charge >= 0.3 is 0 Å². The number of hydrogen-bond donors (Lipinski definition) is 0. The lowest BCUT2D eigenvalue weighted by Crippen LogP contribution is -1.82. The monoisotopic (exact) mass is 182 g/mol. The minimum absolute atomic E-state index is 1.17. The molecule has 0 unspecified atom stereocenters. The van der Waals surface area contributed by atoms with Crippen LogP contribution in [0.3, 0.4) is 0 Å². The van der Waals surface area contributed by atoms with Crippen LogP contribution in [0.5, 0.6) is 0 Å². The summed E-state index contributed by atoms with van der Waals surface area (Å²) in [6.07, 6.45) is 4.62. The summed E-state index contributed by atoms with van der Waals surface area (Å²) in [6, 6.07) is 10.4. The van der Waals surface area contributed by atoms with Gasteiger partial charge in [-0.15, -0.1) is 0 Å². The molecule has 0 spiro atoms. The Morgan fingerprint density at radius 2 is 1.71 bits per heavy atom. The summed E-state index contributed by atoms with van der Waals surface area (Å²) in [4.78, 5) is 3.89. The van der Waals surface area contributed by atoms with Crippen molar-refractivity contribution in [3.05, 3.63) is 53.9 Å². The first-order valence-electron chi connectivity index (χ1n) is 4.66. The van der Waals surface area contributed by atoms with Crippen LogP contribution >= 0.6 is 0 Å². The van der Waals surface area contributed by atoms with Gasteiger partial charge in [-0.2, -0.15) is 0 Å². The molecule has 69 valence electrons. The van der Waals surface area contributed by atoms with Crippen molar-refractivity contribution >= 4 is 0 Å². The zero-order chi connectivity index (χ0) is 9.97. The molecule has 0 saturated carbocycles. The molecule has 0 saturated heterocycles. The molecule has 0 atom stereocenters. The average Bonchev–Trinajstić information content (AvgIpc) is 2.18. The molecule has 14 heavy (non-hydrogen) atoms. The van der Waals surface area contributed by atoms with E-state index < -0.39 is 0 Å². The van der Waals surface area contributed by atoms with Crippen LogP contribution in [0.1, 0.15) is 11.1 Å². The highest BCUT2D eigenvalue weighted by atomic mass is 14.6. The third-order valence-electron chi connectivity index (χ3n) is 2.18. The Bertz CT molecular complexity index is 412. The fourth-order valence-corrected chi connectivity index (χ4v) is 1.64. The van der Waals surface area contributed by atoms with E-state index in [9.17, 15) is 0 Å². The maximum absolute atomic E-state index is 3.89. The van der Waals surface area contributed by atoms with Crippen LogP contribution < -0.4 is 0 Å². The molecule has 0 N–H and O–H groups in total. The third-order valence-corrected chi connectivity index (χ3v) is 2.18. The molecule has 1 aromatic carbocycles. The SMILES string of the molecule is Cc1cc(C)cc(-c2c[c]ncc2)c1. The highest BCUT2D eigenvalue weighted by Gasteiger charge is 1.98. The Labute approximate surface area is 84.4 Å². The van der Waals surface area contributed by atoms with Gasteiger partial charge in [-0.25, -0.2) is 0 Å². The van der Waals surface area contributed by atoms with Crippen molar-refractivity contribution < 1.29 is 0 Å². The first kappa shape index (κ1) is 8.95. The largest absolute Gasteiger partial charge is 0.255 e. The van der Waals surface area contributed by atoms with E-state index in [0.29, 0.717) is 0 Å². The summed E-state index contributed by atoms with van der Waals surface area (Å²) in [5, 5.41) is 0. The van der Waals surface area contributed by atoms with Crippen LogP contribution in [0, 0.1) is 20.0 Å². The standard InChI is InChI=1S/C13H12N/c1-10-7-11(2)9-13(8-10)12-3-5-14-6-4-12/h3-5,7-9H,1-2H3. The highest BCUT2D eigenvalue weighted by molar-refractivity contribution is 5.64. The van der Waals surface area contributed by atoms with Gasteiger partial charge in [0.05, 0.1) is 6.20 Å². The molecule has 0 aliphatic rings. The van der Waals surface area contributed by atoms with Crippen LogP contribution in [0.4, 0.5) is 0 Å². The van der Waals surface area contributed by atoms with Crippen molar-refractivity contribution in [3.8, 4) is 11.1 Å². The minimum atomic E-state index is 1.17. The van der Waals surface area contributed by atoms with Crippen LogP contribution in [0.2, 0.25) is 0 Å². The van der Waals surface area contributed by atoms with Gasteiger partial charge in [0.1, 0.15) is 0 Å². The van der Waals surface area contributed by atoms with E-state index in [1.165, 1.54) is 22.3 Å². The van der Waals surface area contributed by atoms with E-state index in [1.807, 2.05) is 12.1 Å². The van der Waals surface area contributed by atoms with E-state index in [-0.39, 0.29) is 0 Å². The van der Waals surface area contributed by atoms with Crippen LogP contribution in [0.15, 0.2) is 36.5 Å². The number of benzene rings is 1. The lowest BCUT2D eigenvalue weighted by Gasteiger charge is -2.04. The van der Waals surface area contributed by atoms with Crippen molar-refractivity contribution in [2.45, 2.75) is 13.8 Å². The third kappa shape index (κ3) is 1.82. The van der Waals surface area contributed by atoms with Gasteiger partial charge in [0.2, 0.25) is 0 Å². The molecule has 0 aliphatic carbocycles. The molecule has 0 amide bonds. The van der Waals surface area contributed by atoms with E-state index in [1.54, 1.807) is 6.20 Å². The number of aryl methyl sites for hydroxylation is 2. The predicted molar refractivity (Wildman–Crippen MR) is 58.0 cm³/mol. The van der Waals surface area contributed by atoms with Crippen molar-refractivity contribution in [1.82, 2.24) is 4.98 Å². The lowest BCUT2D eigenvalue weighted by molar-refractivity contribution is 1.31. The zero-order valence-corrected chi connectivity index (χ0v) is 8.41. The average molecular weight is 182 g/mol. The van der Waals surface area contributed by atoms with Crippen molar-refractivity contribution in [1.29, 1.82) is 0 Å². The van der Waals surface area contributed by atoms with Gasteiger partial charge in [0.15, 0.2) is 0 Å². The fraction of sp³-hybridized carbons (Fsp3) is 0.154. The Kier molecular flexibility index (Phi) is 2.32. The number of nitrogens with zero attached hydrogens (tertiary/aromatic N) is 1. The Morgan fingerprint density at radius 1 is 1.00 bits per heavy atom. The lowest BCUT2D eigenvalue weighted by atomic mass is 10.0. The molecule has 1 nitrogen and oxygen atoms in total. The maximum Gasteiger partial charge on any atom is 0.0892 e. The minimum Gasteiger partial charge on any atom is -0.255 e. The molecule has 0 fully saturated rings. The summed E-state index contributed by atoms with van der Waals surface area (Å²) in [6.45, 7) is 4.23. The summed E-state index contributed by atoms with van der Waals surface area (Å²) in [5.41, 5.74) is 4.99. The van der Waals surface area contributed by atoms with Crippen molar-refractivity contribution in [2.24, 2.45) is 0 Å². The van der Waals surface area contributed by atoms with E-state index >= 15 is 0 Å².